The zero-order valence-corrected chi connectivity index (χ0v) is 18.4. The third kappa shape index (κ3) is 8.26. The van der Waals surface area contributed by atoms with Gasteiger partial charge in [0.1, 0.15) is 0 Å². The summed E-state index contributed by atoms with van der Waals surface area (Å²) in [5.41, 5.74) is 9.49. The van der Waals surface area contributed by atoms with Gasteiger partial charge in [0.25, 0.3) is 0 Å². The highest BCUT2D eigenvalue weighted by Crippen LogP contribution is 2.27. The molecular formula is C22H34BF4N3. The van der Waals surface area contributed by atoms with E-state index in [9.17, 15) is 17.3 Å². The molecule has 2 aromatic carbocycles. The van der Waals surface area contributed by atoms with Crippen LogP contribution in [0, 0.1) is 0 Å². The van der Waals surface area contributed by atoms with Gasteiger partial charge in [-0.2, -0.15) is 0 Å². The monoisotopic (exact) mass is 427 g/mol. The highest BCUT2D eigenvalue weighted by atomic mass is 19.5. The van der Waals surface area contributed by atoms with Crippen LogP contribution in [0.25, 0.3) is 0 Å². The van der Waals surface area contributed by atoms with Crippen molar-refractivity contribution in [1.29, 1.82) is 0 Å². The normalized spacial score (nSPS) is 11.1. The molecule has 168 valence electrons. The van der Waals surface area contributed by atoms with Gasteiger partial charge in [-0.25, -0.2) is 0 Å². The van der Waals surface area contributed by atoms with E-state index in [1.165, 1.54) is 22.5 Å². The minimum atomic E-state index is -6.00. The number of hydrogen-bond acceptors (Lipinski definition) is 2. The topological polar surface area (TPSA) is 34.1 Å². The van der Waals surface area contributed by atoms with Crippen molar-refractivity contribution in [3.8, 4) is 0 Å². The second-order valence-electron chi connectivity index (χ2n) is 6.86. The second kappa shape index (κ2) is 12.5. The summed E-state index contributed by atoms with van der Waals surface area (Å²) in [6, 6.07) is 18.0. The summed E-state index contributed by atoms with van der Waals surface area (Å²) in [4.78, 5) is 4.75. The molecule has 3 nitrogen and oxygen atoms in total. The van der Waals surface area contributed by atoms with Gasteiger partial charge < -0.3 is 32.8 Å². The van der Waals surface area contributed by atoms with E-state index >= 15 is 0 Å². The van der Waals surface area contributed by atoms with Gasteiger partial charge in [0.05, 0.1) is 12.5 Å². The molecule has 0 amide bonds. The molecule has 0 unspecified atom stereocenters. The highest BCUT2D eigenvalue weighted by molar-refractivity contribution is 6.50. The van der Waals surface area contributed by atoms with Crippen molar-refractivity contribution in [3.63, 3.8) is 0 Å². The molecule has 2 aromatic rings. The van der Waals surface area contributed by atoms with E-state index in [0.29, 0.717) is 5.92 Å². The first-order chi connectivity index (χ1) is 14.2. The molecule has 0 aliphatic rings. The summed E-state index contributed by atoms with van der Waals surface area (Å²) >= 11 is 0. The van der Waals surface area contributed by atoms with Crippen LogP contribution in [0.3, 0.4) is 0 Å². The maximum atomic E-state index is 9.75. The lowest BCUT2D eigenvalue weighted by molar-refractivity contribution is -0.370. The van der Waals surface area contributed by atoms with E-state index in [2.05, 4.69) is 91.8 Å². The lowest BCUT2D eigenvalue weighted by atomic mass is 9.91. The second-order valence-corrected chi connectivity index (χ2v) is 6.86. The fourth-order valence-corrected chi connectivity index (χ4v) is 3.54. The third-order valence-electron chi connectivity index (χ3n) is 5.14. The summed E-state index contributed by atoms with van der Waals surface area (Å²) in [6.07, 6.45) is 0. The van der Waals surface area contributed by atoms with Crippen molar-refractivity contribution in [1.82, 2.24) is 0 Å². The molecule has 0 heterocycles. The van der Waals surface area contributed by atoms with Crippen LogP contribution in [0.4, 0.5) is 28.6 Å². The first-order valence-electron chi connectivity index (χ1n) is 10.5. The minimum absolute atomic E-state index is 0.358. The van der Waals surface area contributed by atoms with Gasteiger partial charge in [0.15, 0.2) is 0 Å². The number of nitrogens with zero attached hydrogens (tertiary/aromatic N) is 2. The van der Waals surface area contributed by atoms with Gasteiger partial charge in [0, 0.05) is 37.6 Å². The summed E-state index contributed by atoms with van der Waals surface area (Å²) in [5, 5.41) is 0. The van der Waals surface area contributed by atoms with Crippen molar-refractivity contribution >= 4 is 18.6 Å². The molecule has 8 heteroatoms. The Morgan fingerprint density at radius 3 is 1.13 bits per heavy atom. The molecule has 0 aromatic heterocycles. The molecule has 0 spiro atoms. The molecule has 0 saturated heterocycles. The molecule has 0 radical (unpaired) electrons. The molecule has 0 bridgehead atoms. The number of rotatable bonds is 9. The molecule has 0 aliphatic carbocycles. The smallest absolute Gasteiger partial charge is 0.418 e. The predicted octanol–water partition coefficient (Wildman–Crippen LogP) is 5.05. The minimum Gasteiger partial charge on any atom is -0.418 e. The Balaban J connectivity index is 0.000000804. The van der Waals surface area contributed by atoms with E-state index in [4.69, 9.17) is 0 Å². The Labute approximate surface area is 178 Å². The number of quaternary nitrogens is 1. The quantitative estimate of drug-likeness (QED) is 0.449. The molecular weight excluding hydrogens is 393 g/mol. The lowest BCUT2D eigenvalue weighted by Gasteiger charge is -2.23. The van der Waals surface area contributed by atoms with Crippen molar-refractivity contribution in [2.24, 2.45) is 0 Å². The number of hydrogen-bond donors (Lipinski definition) is 1. The van der Waals surface area contributed by atoms with E-state index in [1.807, 2.05) is 0 Å². The number of anilines is 2. The van der Waals surface area contributed by atoms with Gasteiger partial charge in [-0.15, -0.1) is 0 Å². The van der Waals surface area contributed by atoms with E-state index in [0.717, 1.165) is 32.7 Å². The van der Waals surface area contributed by atoms with E-state index < -0.39 is 7.25 Å². The van der Waals surface area contributed by atoms with Crippen LogP contribution >= 0.6 is 0 Å². The van der Waals surface area contributed by atoms with Crippen LogP contribution in [0.2, 0.25) is 0 Å². The van der Waals surface area contributed by atoms with Crippen LogP contribution in [0.5, 0.6) is 0 Å². The van der Waals surface area contributed by atoms with Gasteiger partial charge in [-0.05, 0) is 63.1 Å². The van der Waals surface area contributed by atoms with Crippen LogP contribution in [-0.2, 0) is 0 Å². The zero-order valence-electron chi connectivity index (χ0n) is 18.4. The Morgan fingerprint density at radius 1 is 0.667 bits per heavy atom. The average molecular weight is 427 g/mol. The van der Waals surface area contributed by atoms with E-state index in [-0.39, 0.29) is 0 Å². The predicted molar refractivity (Wildman–Crippen MR) is 120 cm³/mol. The number of halogens is 4. The van der Waals surface area contributed by atoms with Crippen LogP contribution < -0.4 is 15.5 Å². The van der Waals surface area contributed by atoms with Gasteiger partial charge >= 0.3 is 7.25 Å². The lowest BCUT2D eigenvalue weighted by Crippen LogP contribution is -2.53. The Morgan fingerprint density at radius 2 is 0.933 bits per heavy atom. The highest BCUT2D eigenvalue weighted by Gasteiger charge is 2.20. The summed E-state index contributed by atoms with van der Waals surface area (Å²) in [6.45, 7) is 13.9. The maximum Gasteiger partial charge on any atom is 0.673 e. The molecule has 0 aliphatic heterocycles. The number of benzene rings is 2. The molecule has 3 N–H and O–H groups in total. The van der Waals surface area contributed by atoms with Gasteiger partial charge in [-0.1, -0.05) is 24.3 Å². The van der Waals surface area contributed by atoms with Crippen molar-refractivity contribution in [3.05, 3.63) is 59.7 Å². The van der Waals surface area contributed by atoms with Crippen LogP contribution in [0.1, 0.15) is 44.7 Å². The SMILES string of the molecule is CCN(CC)c1ccc(C(C[NH3+])c2ccc(N(CC)CC)cc2)cc1.F[B-](F)(F)F. The van der Waals surface area contributed by atoms with E-state index in [1.54, 1.807) is 0 Å². The Bertz CT molecular complexity index is 651. The van der Waals surface area contributed by atoms with Crippen molar-refractivity contribution in [2.75, 3.05) is 42.5 Å². The molecule has 30 heavy (non-hydrogen) atoms. The molecule has 0 atom stereocenters. The summed E-state index contributed by atoms with van der Waals surface area (Å²) in [7, 11) is -6.00. The first kappa shape index (κ1) is 25.8. The molecule has 0 fully saturated rings. The Hall–Kier alpha value is -2.22. The standard InChI is InChI=1S/C22H33N3.BF4/c1-5-24(6-2)20-13-9-18(10-14-20)22(17-23)19-11-15-21(16-12-19)25(7-3)8-4;2-1(3,4)5/h9-16,22H,5-8,17,23H2,1-4H3;/q;-1/p+1. The zero-order chi connectivity index (χ0) is 22.7. The maximum absolute atomic E-state index is 9.75. The molecule has 0 saturated carbocycles. The van der Waals surface area contributed by atoms with Crippen LogP contribution in [-0.4, -0.2) is 40.0 Å². The molecule has 2 rings (SSSR count). The summed E-state index contributed by atoms with van der Waals surface area (Å²) < 4.78 is 39.0. The fourth-order valence-electron chi connectivity index (χ4n) is 3.54. The van der Waals surface area contributed by atoms with Crippen molar-refractivity contribution in [2.45, 2.75) is 33.6 Å². The van der Waals surface area contributed by atoms with Crippen LogP contribution in [0.15, 0.2) is 48.5 Å². The third-order valence-corrected chi connectivity index (χ3v) is 5.14. The first-order valence-corrected chi connectivity index (χ1v) is 10.5. The largest absolute Gasteiger partial charge is 0.673 e. The van der Waals surface area contributed by atoms with Gasteiger partial charge in [0.2, 0.25) is 0 Å². The van der Waals surface area contributed by atoms with Gasteiger partial charge in [-0.3, -0.25) is 0 Å². The Kier molecular flexibility index (Phi) is 10.7. The van der Waals surface area contributed by atoms with Crippen molar-refractivity contribution < 1.29 is 23.0 Å². The summed E-state index contributed by atoms with van der Waals surface area (Å²) in [5.74, 6) is 0.358. The average Bonchev–Trinajstić information content (AvgIpc) is 2.71. The fraction of sp³-hybridized carbons (Fsp3) is 0.455.